The number of aliphatic hydroxyl groups is 2. The van der Waals surface area contributed by atoms with Gasteiger partial charge in [0.05, 0.1) is 5.75 Å². The van der Waals surface area contributed by atoms with Gasteiger partial charge in [0.1, 0.15) is 0 Å². The summed E-state index contributed by atoms with van der Waals surface area (Å²) in [6.07, 6.45) is 17.6. The van der Waals surface area contributed by atoms with Crippen molar-refractivity contribution in [2.75, 3.05) is 5.75 Å². The van der Waals surface area contributed by atoms with Crippen LogP contribution < -0.4 is 5.14 Å². The summed E-state index contributed by atoms with van der Waals surface area (Å²) >= 11 is 0. The van der Waals surface area contributed by atoms with Crippen molar-refractivity contribution in [3.63, 3.8) is 0 Å². The van der Waals surface area contributed by atoms with Gasteiger partial charge in [-0.25, -0.2) is 13.6 Å². The minimum atomic E-state index is -3.45. The molecule has 162 valence electrons. The van der Waals surface area contributed by atoms with Gasteiger partial charge in [-0.15, -0.1) is 0 Å². The summed E-state index contributed by atoms with van der Waals surface area (Å²) in [5.74, 6) is -0.238. The number of aliphatic hydroxyl groups excluding tert-OH is 1. The van der Waals surface area contributed by atoms with E-state index in [-0.39, 0.29) is 17.6 Å². The lowest BCUT2D eigenvalue weighted by molar-refractivity contribution is 0.186. The molecule has 0 saturated heterocycles. The molecule has 27 heavy (non-hydrogen) atoms. The molecule has 0 aromatic rings. The third-order valence-corrected chi connectivity index (χ3v) is 6.23. The zero-order valence-electron chi connectivity index (χ0n) is 17.5. The fourth-order valence-electron chi connectivity index (χ4n) is 3.58. The Morgan fingerprint density at radius 2 is 1.37 bits per heavy atom. The minimum Gasteiger partial charge on any atom is -0.481 e. The van der Waals surface area contributed by atoms with Gasteiger partial charge in [0.15, 0.2) is 0 Å². The third kappa shape index (κ3) is 18.4. The van der Waals surface area contributed by atoms with Crippen molar-refractivity contribution in [3.8, 4) is 0 Å². The highest BCUT2D eigenvalue weighted by molar-refractivity contribution is 7.89. The molecule has 0 heterocycles. The zero-order chi connectivity index (χ0) is 20.5. The lowest BCUT2D eigenvalue weighted by Gasteiger charge is -2.23. The lowest BCUT2D eigenvalue weighted by atomic mass is 9.84. The van der Waals surface area contributed by atoms with Gasteiger partial charge in [-0.05, 0) is 30.8 Å². The first-order chi connectivity index (χ1) is 12.8. The highest BCUT2D eigenvalue weighted by atomic mass is 32.2. The van der Waals surface area contributed by atoms with E-state index in [0.717, 1.165) is 12.8 Å². The Balaban J connectivity index is 3.98. The number of rotatable bonds is 18. The first kappa shape index (κ1) is 26.2. The fraction of sp³-hybridized carbons (Fsp3) is 0.905. The molecule has 0 amide bonds. The Morgan fingerprint density at radius 3 is 1.81 bits per heavy atom. The molecule has 0 rings (SSSR count). The molecule has 2 unspecified atom stereocenters. The summed E-state index contributed by atoms with van der Waals surface area (Å²) in [6.45, 7) is 4.28. The van der Waals surface area contributed by atoms with E-state index in [2.05, 4.69) is 6.92 Å². The van der Waals surface area contributed by atoms with E-state index in [1.54, 1.807) is 0 Å². The maximum atomic E-state index is 11.3. The van der Waals surface area contributed by atoms with Gasteiger partial charge in [-0.1, -0.05) is 90.9 Å². The summed E-state index contributed by atoms with van der Waals surface area (Å²) in [5, 5.41) is 23.0. The molecule has 0 spiro atoms. The average Bonchev–Trinajstić information content (AvgIpc) is 2.59. The topological polar surface area (TPSA) is 101 Å². The van der Waals surface area contributed by atoms with E-state index in [1.165, 1.54) is 70.3 Å². The zero-order valence-corrected chi connectivity index (χ0v) is 18.4. The maximum absolute atomic E-state index is 11.3. The lowest BCUT2D eigenvalue weighted by Crippen LogP contribution is -2.21. The number of primary sulfonamides is 1. The van der Waals surface area contributed by atoms with Crippen LogP contribution in [0.1, 0.15) is 104 Å². The smallest absolute Gasteiger partial charge is 0.269 e. The van der Waals surface area contributed by atoms with Crippen molar-refractivity contribution >= 4 is 10.0 Å². The summed E-state index contributed by atoms with van der Waals surface area (Å²) in [6, 6.07) is 0. The van der Waals surface area contributed by atoms with E-state index in [9.17, 15) is 8.42 Å². The second kappa shape index (κ2) is 16.2. The molecule has 5 nitrogen and oxygen atoms in total. The van der Waals surface area contributed by atoms with Crippen molar-refractivity contribution in [1.29, 1.82) is 0 Å². The molecule has 0 aromatic heterocycles. The molecule has 0 bridgehead atoms. The molecule has 0 aromatic carbocycles. The monoisotopic (exact) mass is 405 g/mol. The van der Waals surface area contributed by atoms with Crippen LogP contribution in [0.3, 0.4) is 0 Å². The number of hydrogen-bond acceptors (Lipinski definition) is 4. The third-order valence-electron chi connectivity index (χ3n) is 5.43. The highest BCUT2D eigenvalue weighted by Crippen LogP contribution is 2.26. The second-order valence-corrected chi connectivity index (χ2v) is 9.75. The molecule has 0 fully saturated rings. The van der Waals surface area contributed by atoms with Gasteiger partial charge in [0.25, 0.3) is 5.95 Å². The van der Waals surface area contributed by atoms with Crippen molar-refractivity contribution in [2.45, 2.75) is 104 Å². The highest BCUT2D eigenvalue weighted by Gasteiger charge is 2.18. The first-order valence-electron chi connectivity index (χ1n) is 10.8. The largest absolute Gasteiger partial charge is 0.481 e. The summed E-state index contributed by atoms with van der Waals surface area (Å²) in [5.41, 5.74) is 0. The molecule has 0 aliphatic heterocycles. The van der Waals surface area contributed by atoms with Crippen molar-refractivity contribution < 1.29 is 18.6 Å². The molecule has 0 radical (unpaired) electrons. The van der Waals surface area contributed by atoms with Crippen molar-refractivity contribution in [2.24, 2.45) is 17.0 Å². The summed E-state index contributed by atoms with van der Waals surface area (Å²) in [4.78, 5) is 0. The summed E-state index contributed by atoms with van der Waals surface area (Å²) in [7, 11) is -3.45. The van der Waals surface area contributed by atoms with E-state index in [4.69, 9.17) is 15.4 Å². The van der Waals surface area contributed by atoms with Crippen LogP contribution >= 0.6 is 0 Å². The Kier molecular flexibility index (Phi) is 15.8. The maximum Gasteiger partial charge on any atom is 0.269 e. The predicted molar refractivity (Wildman–Crippen MR) is 114 cm³/mol. The van der Waals surface area contributed by atoms with Crippen LogP contribution in [0.4, 0.5) is 0 Å². The van der Waals surface area contributed by atoms with Crippen LogP contribution in [0.25, 0.3) is 0 Å². The van der Waals surface area contributed by atoms with Gasteiger partial charge in [-0.2, -0.15) is 0 Å². The van der Waals surface area contributed by atoms with Crippen LogP contribution in [-0.4, -0.2) is 24.4 Å². The Labute approximate surface area is 167 Å². The number of unbranched alkanes of at least 4 members (excludes halogenated alkanes) is 10. The minimum absolute atomic E-state index is 0.00510. The fourth-order valence-corrected chi connectivity index (χ4v) is 4.21. The van der Waals surface area contributed by atoms with Gasteiger partial charge >= 0.3 is 0 Å². The molecule has 0 aliphatic carbocycles. The van der Waals surface area contributed by atoms with Gasteiger partial charge in [0, 0.05) is 0 Å². The Bertz CT molecular complexity index is 473. The molecule has 0 aliphatic rings. The first-order valence-corrected chi connectivity index (χ1v) is 12.6. The van der Waals surface area contributed by atoms with Crippen molar-refractivity contribution in [1.82, 2.24) is 0 Å². The normalized spacial score (nSPS) is 14.0. The molecule has 6 heteroatoms. The quantitative estimate of drug-likeness (QED) is 0.193. The molecular formula is C21H43NO4S. The van der Waals surface area contributed by atoms with Crippen LogP contribution in [0.5, 0.6) is 0 Å². The molecule has 4 N–H and O–H groups in total. The number of nitrogens with two attached hydrogens (primary N) is 1. The van der Waals surface area contributed by atoms with Crippen LogP contribution in [0.2, 0.25) is 0 Å². The summed E-state index contributed by atoms with van der Waals surface area (Å²) < 4.78 is 22.5. The number of allylic oxidation sites excluding steroid dienone is 1. The van der Waals surface area contributed by atoms with E-state index >= 15 is 0 Å². The average molecular weight is 406 g/mol. The van der Waals surface area contributed by atoms with Gasteiger partial charge in [-0.3, -0.25) is 0 Å². The van der Waals surface area contributed by atoms with Gasteiger partial charge in [0.2, 0.25) is 10.0 Å². The van der Waals surface area contributed by atoms with Crippen LogP contribution in [0.15, 0.2) is 12.0 Å². The van der Waals surface area contributed by atoms with Crippen LogP contribution in [0, 0.1) is 11.8 Å². The Morgan fingerprint density at radius 1 is 0.889 bits per heavy atom. The van der Waals surface area contributed by atoms with E-state index in [1.807, 2.05) is 6.92 Å². The molecular weight excluding hydrogens is 362 g/mol. The number of hydrogen-bond donors (Lipinski definition) is 3. The molecule has 2 atom stereocenters. The van der Waals surface area contributed by atoms with Gasteiger partial charge < -0.3 is 10.2 Å². The van der Waals surface area contributed by atoms with Crippen LogP contribution in [-0.2, 0) is 10.0 Å². The Hall–Kier alpha value is -0.750. The predicted octanol–water partition coefficient (Wildman–Crippen LogP) is 5.97. The van der Waals surface area contributed by atoms with E-state index in [0.29, 0.717) is 12.8 Å². The van der Waals surface area contributed by atoms with Crippen molar-refractivity contribution in [3.05, 3.63) is 12.0 Å². The SMILES string of the molecule is CCCCCCCCCCCCCC(CCS(N)(=O)=O)C(C)CC=C(O)O. The standard InChI is InChI=1S/C21H43NO4S/c1-3-4-5-6-7-8-9-10-11-12-13-14-20(17-18-27(22,25)26)19(2)15-16-21(23)24/h16,19-20,23-24H,3-15,17-18H2,1-2H3,(H2,22,25,26). The second-order valence-electron chi connectivity index (χ2n) is 8.02. The van der Waals surface area contributed by atoms with E-state index < -0.39 is 16.0 Å². The molecule has 0 saturated carbocycles. The number of sulfonamides is 1.